The van der Waals surface area contributed by atoms with Crippen LogP contribution < -0.4 is 0 Å². The normalized spacial score (nSPS) is 31.3. The van der Waals surface area contributed by atoms with E-state index in [1.54, 1.807) is 0 Å². The molecule has 0 aromatic carbocycles. The topological polar surface area (TPSA) is 0 Å². The van der Waals surface area contributed by atoms with E-state index >= 15 is 0 Å². The number of rotatable bonds is 4. The van der Waals surface area contributed by atoms with Crippen molar-refractivity contribution in [3.63, 3.8) is 0 Å². The Kier molecular flexibility index (Phi) is 4.31. The Morgan fingerprint density at radius 2 is 1.50 bits per heavy atom. The van der Waals surface area contributed by atoms with Gasteiger partial charge in [0.05, 0.1) is 0 Å². The molecule has 18 heavy (non-hydrogen) atoms. The summed E-state index contributed by atoms with van der Waals surface area (Å²) in [6.07, 6.45) is 8.23. The minimum atomic E-state index is 0.487. The molecule has 0 aromatic heterocycles. The third-order valence-electron chi connectivity index (χ3n) is 6.13. The molecule has 0 aromatic rings. The van der Waals surface area contributed by atoms with Gasteiger partial charge in [0, 0.05) is 0 Å². The van der Waals surface area contributed by atoms with Gasteiger partial charge in [-0.3, -0.25) is 0 Å². The molecular formula is C18H36. The molecule has 1 unspecified atom stereocenters. The summed E-state index contributed by atoms with van der Waals surface area (Å²) in [5.41, 5.74) is 2.06. The van der Waals surface area contributed by atoms with E-state index in [4.69, 9.17) is 0 Å². The third-order valence-corrected chi connectivity index (χ3v) is 6.13. The van der Waals surface area contributed by atoms with Crippen LogP contribution in [0, 0.1) is 21.7 Å². The largest absolute Gasteiger partial charge is 0.0649 e. The van der Waals surface area contributed by atoms with Gasteiger partial charge >= 0.3 is 0 Å². The highest BCUT2D eigenvalue weighted by molar-refractivity contribution is 5.01. The molecule has 0 spiro atoms. The molecule has 0 bridgehead atoms. The number of hydrogen-bond acceptors (Lipinski definition) is 0. The van der Waals surface area contributed by atoms with Crippen molar-refractivity contribution in [1.82, 2.24) is 0 Å². The van der Waals surface area contributed by atoms with Crippen molar-refractivity contribution in [1.29, 1.82) is 0 Å². The first-order valence-electron chi connectivity index (χ1n) is 7.99. The van der Waals surface area contributed by atoms with Crippen LogP contribution in [-0.4, -0.2) is 0 Å². The maximum absolute atomic E-state index is 2.53. The molecule has 0 radical (unpaired) electrons. The lowest BCUT2D eigenvalue weighted by atomic mass is 9.47. The molecule has 0 saturated heterocycles. The Morgan fingerprint density at radius 3 is 1.94 bits per heavy atom. The van der Waals surface area contributed by atoms with Crippen LogP contribution in [-0.2, 0) is 0 Å². The highest BCUT2D eigenvalue weighted by atomic mass is 14.6. The van der Waals surface area contributed by atoms with Crippen molar-refractivity contribution in [3.8, 4) is 0 Å². The van der Waals surface area contributed by atoms with Crippen LogP contribution in [0.25, 0.3) is 0 Å². The smallest absolute Gasteiger partial charge is 0.0239 e. The van der Waals surface area contributed by atoms with E-state index in [9.17, 15) is 0 Å². The summed E-state index contributed by atoms with van der Waals surface area (Å²) in [6.45, 7) is 19.7. The SMILES string of the molecule is CCC(C)(C)CC1(CC)CC(C)(C)CCC1(C)C. The van der Waals surface area contributed by atoms with Crippen molar-refractivity contribution >= 4 is 0 Å². The van der Waals surface area contributed by atoms with Crippen LogP contribution in [0.15, 0.2) is 0 Å². The van der Waals surface area contributed by atoms with E-state index in [0.29, 0.717) is 21.7 Å². The van der Waals surface area contributed by atoms with E-state index < -0.39 is 0 Å². The van der Waals surface area contributed by atoms with Crippen LogP contribution in [0.5, 0.6) is 0 Å². The van der Waals surface area contributed by atoms with E-state index in [0.717, 1.165) is 0 Å². The molecule has 1 aliphatic rings. The van der Waals surface area contributed by atoms with Crippen molar-refractivity contribution < 1.29 is 0 Å². The summed E-state index contributed by atoms with van der Waals surface area (Å²) in [5, 5.41) is 0. The predicted molar refractivity (Wildman–Crippen MR) is 82.8 cm³/mol. The molecule has 108 valence electrons. The summed E-state index contributed by atoms with van der Waals surface area (Å²) in [6, 6.07) is 0. The fourth-order valence-corrected chi connectivity index (χ4v) is 4.23. The van der Waals surface area contributed by atoms with E-state index in [1.165, 1.54) is 38.5 Å². The molecule has 0 nitrogen and oxygen atoms in total. The molecule has 0 heteroatoms. The summed E-state index contributed by atoms with van der Waals surface area (Å²) >= 11 is 0. The average Bonchev–Trinajstić information content (AvgIpc) is 2.23. The van der Waals surface area contributed by atoms with Gasteiger partial charge in [-0.15, -0.1) is 0 Å². The molecular weight excluding hydrogens is 216 g/mol. The van der Waals surface area contributed by atoms with E-state index in [-0.39, 0.29) is 0 Å². The molecule has 1 fully saturated rings. The van der Waals surface area contributed by atoms with Gasteiger partial charge in [-0.25, -0.2) is 0 Å². The quantitative estimate of drug-likeness (QED) is 0.539. The molecule has 0 aliphatic heterocycles. The first-order valence-corrected chi connectivity index (χ1v) is 7.99. The zero-order valence-corrected chi connectivity index (χ0v) is 14.2. The van der Waals surface area contributed by atoms with Crippen LogP contribution >= 0.6 is 0 Å². The van der Waals surface area contributed by atoms with Gasteiger partial charge in [0.2, 0.25) is 0 Å². The van der Waals surface area contributed by atoms with Crippen LogP contribution in [0.1, 0.15) is 93.9 Å². The Bertz CT molecular complexity index is 282. The monoisotopic (exact) mass is 252 g/mol. The zero-order valence-electron chi connectivity index (χ0n) is 14.2. The van der Waals surface area contributed by atoms with Gasteiger partial charge in [0.25, 0.3) is 0 Å². The fourth-order valence-electron chi connectivity index (χ4n) is 4.23. The summed E-state index contributed by atoms with van der Waals surface area (Å²) in [4.78, 5) is 0. The first-order chi connectivity index (χ1) is 7.99. The Hall–Kier alpha value is 0. The van der Waals surface area contributed by atoms with Gasteiger partial charge in [-0.2, -0.15) is 0 Å². The van der Waals surface area contributed by atoms with Gasteiger partial charge in [0.15, 0.2) is 0 Å². The minimum Gasteiger partial charge on any atom is -0.0649 e. The standard InChI is InChI=1S/C18H36/c1-9-15(3,4)13-18(10-2)14-16(5,6)11-12-17(18,7)8/h9-14H2,1-8H3. The lowest BCUT2D eigenvalue weighted by molar-refractivity contribution is -0.0732. The molecule has 1 aliphatic carbocycles. The molecule has 0 heterocycles. The fraction of sp³-hybridized carbons (Fsp3) is 1.00. The lowest BCUT2D eigenvalue weighted by Crippen LogP contribution is -2.47. The maximum atomic E-state index is 2.53. The van der Waals surface area contributed by atoms with Crippen molar-refractivity contribution in [2.24, 2.45) is 21.7 Å². The van der Waals surface area contributed by atoms with E-state index in [2.05, 4.69) is 55.4 Å². The summed E-state index contributed by atoms with van der Waals surface area (Å²) in [5.74, 6) is 0. The number of hydrogen-bond donors (Lipinski definition) is 0. The second-order valence-electron chi connectivity index (χ2n) is 9.05. The van der Waals surface area contributed by atoms with Crippen molar-refractivity contribution in [2.45, 2.75) is 93.9 Å². The van der Waals surface area contributed by atoms with Crippen molar-refractivity contribution in [3.05, 3.63) is 0 Å². The molecule has 0 N–H and O–H groups in total. The highest BCUT2D eigenvalue weighted by Crippen LogP contribution is 2.62. The summed E-state index contributed by atoms with van der Waals surface area (Å²) in [7, 11) is 0. The average molecular weight is 252 g/mol. The zero-order chi connectivity index (χ0) is 14.2. The van der Waals surface area contributed by atoms with Crippen LogP contribution in [0.3, 0.4) is 0 Å². The molecule has 0 amide bonds. The Labute approximate surface area is 116 Å². The highest BCUT2D eigenvalue weighted by Gasteiger charge is 2.51. The second kappa shape index (κ2) is 4.84. The van der Waals surface area contributed by atoms with Gasteiger partial charge < -0.3 is 0 Å². The first kappa shape index (κ1) is 16.1. The van der Waals surface area contributed by atoms with E-state index in [1.807, 2.05) is 0 Å². The lowest BCUT2D eigenvalue weighted by Gasteiger charge is -2.58. The van der Waals surface area contributed by atoms with Gasteiger partial charge in [-0.05, 0) is 53.8 Å². The van der Waals surface area contributed by atoms with Crippen LogP contribution in [0.2, 0.25) is 0 Å². The van der Waals surface area contributed by atoms with Crippen LogP contribution in [0.4, 0.5) is 0 Å². The third kappa shape index (κ3) is 3.11. The van der Waals surface area contributed by atoms with Gasteiger partial charge in [-0.1, -0.05) is 61.8 Å². The molecule has 1 rings (SSSR count). The van der Waals surface area contributed by atoms with Crippen molar-refractivity contribution in [2.75, 3.05) is 0 Å². The van der Waals surface area contributed by atoms with Gasteiger partial charge in [0.1, 0.15) is 0 Å². The predicted octanol–water partition coefficient (Wildman–Crippen LogP) is 6.45. The minimum absolute atomic E-state index is 0.487. The maximum Gasteiger partial charge on any atom is -0.0239 e. The Morgan fingerprint density at radius 1 is 0.944 bits per heavy atom. The molecule has 1 saturated carbocycles. The summed E-state index contributed by atoms with van der Waals surface area (Å²) < 4.78 is 0. The Balaban J connectivity index is 3.07. The molecule has 1 atom stereocenters. The second-order valence-corrected chi connectivity index (χ2v) is 9.05.